The summed E-state index contributed by atoms with van der Waals surface area (Å²) in [7, 11) is 0. The number of carbonyl (C=O) groups is 1. The summed E-state index contributed by atoms with van der Waals surface area (Å²) in [6, 6.07) is 9.17. The maximum Gasteiger partial charge on any atom is 0.220 e. The number of ether oxygens (including phenoxy) is 1. The van der Waals surface area contributed by atoms with Crippen LogP contribution in [0, 0.1) is 5.92 Å². The first kappa shape index (κ1) is 50.2. The Morgan fingerprint density at radius 2 is 1.62 bits per heavy atom. The molecule has 3 fully saturated rings. The largest absolute Gasteiger partial charge is 0.387 e. The summed E-state index contributed by atoms with van der Waals surface area (Å²) in [5.74, 6) is 2.53. The van der Waals surface area contributed by atoms with Gasteiger partial charge in [0.1, 0.15) is 41.9 Å². The number of aliphatic hydroxyl groups excluding tert-OH is 2. The van der Waals surface area contributed by atoms with E-state index < -0.39 is 24.5 Å². The van der Waals surface area contributed by atoms with Gasteiger partial charge in [-0.3, -0.25) is 9.69 Å². The number of amides is 1. The van der Waals surface area contributed by atoms with E-state index in [0.717, 1.165) is 99.9 Å². The van der Waals surface area contributed by atoms with Crippen LogP contribution in [-0.2, 0) is 21.4 Å². The summed E-state index contributed by atoms with van der Waals surface area (Å²) in [6.07, 6.45) is 16.9. The molecule has 14 nitrogen and oxygen atoms in total. The maximum atomic E-state index is 12.6. The molecule has 5 N–H and O–H groups in total. The fraction of sp³-hybridized carbons (Fsp3) is 0.731. The van der Waals surface area contributed by atoms with Gasteiger partial charge in [-0.15, -0.1) is 0 Å². The first-order valence-corrected chi connectivity index (χ1v) is 25.9. The lowest BCUT2D eigenvalue weighted by Crippen LogP contribution is -2.52. The molecule has 1 aliphatic carbocycles. The van der Waals surface area contributed by atoms with Crippen LogP contribution in [0.25, 0.3) is 22.1 Å². The number of benzene rings is 1. The first-order chi connectivity index (χ1) is 31.9. The first-order valence-electron chi connectivity index (χ1n) is 25.9. The molecule has 366 valence electrons. The molecule has 5 heterocycles. The number of nitrogens with zero attached hydrogens (tertiary/aromatic N) is 7. The van der Waals surface area contributed by atoms with Crippen LogP contribution in [0.5, 0.6) is 0 Å². The van der Waals surface area contributed by atoms with Gasteiger partial charge < -0.3 is 44.9 Å². The highest BCUT2D eigenvalue weighted by molar-refractivity contribution is 5.87. The average Bonchev–Trinajstić information content (AvgIpc) is 3.98. The second-order valence-electron chi connectivity index (χ2n) is 21.1. The third-order valence-electron chi connectivity index (χ3n) is 14.7. The number of hydrogen-bond donors (Lipinski definition) is 5. The van der Waals surface area contributed by atoms with Gasteiger partial charge in [-0.2, -0.15) is 0 Å². The molecule has 1 saturated carbocycles. The molecule has 0 radical (unpaired) electrons. The van der Waals surface area contributed by atoms with Gasteiger partial charge in [0.15, 0.2) is 6.23 Å². The number of imidazole rings is 1. The van der Waals surface area contributed by atoms with E-state index in [1.165, 1.54) is 63.4 Å². The van der Waals surface area contributed by atoms with Gasteiger partial charge in [0.25, 0.3) is 0 Å². The number of unbranched alkanes of at least 4 members (excludes halogenated alkanes) is 7. The molecule has 0 bridgehead atoms. The molecule has 66 heavy (non-hydrogen) atoms. The van der Waals surface area contributed by atoms with Crippen molar-refractivity contribution in [2.45, 2.75) is 180 Å². The quantitative estimate of drug-likeness (QED) is 0.0392. The zero-order valence-corrected chi connectivity index (χ0v) is 41.3. The van der Waals surface area contributed by atoms with Crippen LogP contribution < -0.4 is 10.6 Å². The number of aromatic nitrogens is 5. The van der Waals surface area contributed by atoms with Gasteiger partial charge in [-0.25, -0.2) is 15.0 Å². The molecular weight excluding hydrogens is 829 g/mol. The van der Waals surface area contributed by atoms with E-state index >= 15 is 0 Å². The van der Waals surface area contributed by atoms with Crippen molar-refractivity contribution in [3.05, 3.63) is 48.2 Å². The van der Waals surface area contributed by atoms with Gasteiger partial charge in [0.2, 0.25) is 5.91 Å². The molecule has 7 rings (SSSR count). The maximum absolute atomic E-state index is 12.6. The number of hydrogen-bond acceptors (Lipinski definition) is 11. The Morgan fingerprint density at radius 3 is 2.35 bits per heavy atom. The Morgan fingerprint density at radius 1 is 0.909 bits per heavy atom. The third-order valence-corrected chi connectivity index (χ3v) is 14.7. The van der Waals surface area contributed by atoms with Gasteiger partial charge in [0.05, 0.1) is 16.4 Å². The average molecular weight is 913 g/mol. The lowest BCUT2D eigenvalue weighted by Gasteiger charge is -2.46. The lowest BCUT2D eigenvalue weighted by atomic mass is 9.76. The highest BCUT2D eigenvalue weighted by Gasteiger charge is 2.46. The van der Waals surface area contributed by atoms with Crippen molar-refractivity contribution in [2.24, 2.45) is 5.92 Å². The zero-order valence-electron chi connectivity index (χ0n) is 41.3. The van der Waals surface area contributed by atoms with Crippen molar-refractivity contribution >= 4 is 33.8 Å². The highest BCUT2D eigenvalue weighted by atomic mass is 16.6. The molecule has 1 amide bonds. The van der Waals surface area contributed by atoms with Gasteiger partial charge in [0, 0.05) is 76.9 Å². The molecule has 2 aliphatic heterocycles. The molecule has 4 aromatic rings. The normalized spacial score (nSPS) is 23.1. The number of aliphatic hydroxyl groups is 2. The van der Waals surface area contributed by atoms with Gasteiger partial charge >= 0.3 is 0 Å². The van der Waals surface area contributed by atoms with Crippen LogP contribution in [0.15, 0.2) is 36.8 Å². The number of aryl methyl sites for hydroxylation is 1. The Kier molecular flexibility index (Phi) is 18.3. The number of piperazine rings is 1. The number of aromatic amines is 1. The number of fused-ring (bicyclic) bond motifs is 2. The van der Waals surface area contributed by atoms with Crippen LogP contribution >= 0.6 is 0 Å². The molecular formula is C52H84N10O4. The van der Waals surface area contributed by atoms with E-state index in [0.29, 0.717) is 49.5 Å². The molecule has 3 aliphatic rings. The van der Waals surface area contributed by atoms with Crippen molar-refractivity contribution in [1.82, 2.24) is 44.5 Å². The van der Waals surface area contributed by atoms with E-state index in [1.54, 1.807) is 0 Å². The molecule has 4 atom stereocenters. The monoisotopic (exact) mass is 913 g/mol. The van der Waals surface area contributed by atoms with E-state index in [2.05, 4.69) is 100 Å². The van der Waals surface area contributed by atoms with E-state index in [9.17, 15) is 15.0 Å². The predicted octanol–water partition coefficient (Wildman–Crippen LogP) is 7.80. The number of carbonyl (C=O) groups excluding carboxylic acids is 1. The van der Waals surface area contributed by atoms with Crippen LogP contribution in [0.1, 0.15) is 149 Å². The number of rotatable bonds is 26. The van der Waals surface area contributed by atoms with Crippen LogP contribution in [0.3, 0.4) is 0 Å². The van der Waals surface area contributed by atoms with Crippen molar-refractivity contribution < 1.29 is 19.7 Å². The minimum atomic E-state index is -1.10. The minimum absolute atomic E-state index is 0.0993. The van der Waals surface area contributed by atoms with E-state index in [4.69, 9.17) is 9.72 Å². The minimum Gasteiger partial charge on any atom is -0.387 e. The lowest BCUT2D eigenvalue weighted by molar-refractivity contribution is -0.121. The fourth-order valence-electron chi connectivity index (χ4n) is 10.4. The zero-order chi connectivity index (χ0) is 46.6. The summed E-state index contributed by atoms with van der Waals surface area (Å²) < 4.78 is 8.31. The van der Waals surface area contributed by atoms with Gasteiger partial charge in [-0.05, 0) is 107 Å². The van der Waals surface area contributed by atoms with Crippen LogP contribution in [-0.4, -0.2) is 145 Å². The molecule has 0 spiro atoms. The third kappa shape index (κ3) is 13.5. The Labute approximate surface area is 395 Å². The fourth-order valence-corrected chi connectivity index (χ4v) is 10.4. The Hall–Kier alpha value is -3.66. The van der Waals surface area contributed by atoms with Crippen molar-refractivity contribution in [2.75, 3.05) is 64.2 Å². The molecule has 2 saturated heterocycles. The van der Waals surface area contributed by atoms with E-state index in [-0.39, 0.29) is 17.4 Å². The van der Waals surface area contributed by atoms with E-state index in [1.807, 2.05) is 16.8 Å². The molecule has 14 heteroatoms. The summed E-state index contributed by atoms with van der Waals surface area (Å²) in [5, 5.41) is 30.0. The number of H-pyrrole nitrogens is 1. The van der Waals surface area contributed by atoms with Crippen LogP contribution in [0.4, 0.5) is 5.82 Å². The summed E-state index contributed by atoms with van der Waals surface area (Å²) >= 11 is 0. The van der Waals surface area contributed by atoms with Crippen molar-refractivity contribution in [1.29, 1.82) is 0 Å². The van der Waals surface area contributed by atoms with Crippen molar-refractivity contribution in [3.8, 4) is 0 Å². The summed E-state index contributed by atoms with van der Waals surface area (Å²) in [5.41, 5.74) is 4.19. The standard InChI is InChI=1S/C52H84N10O4/c1-7-8-9-10-11-12-15-25-59-28-30-60(31-29-59)26-16-17-46(63)53-23-13-14-24-54-49-41-22-27-61(50(41)56-36-55-49)51-48(65)47(64)44(66-51)35-62(37(2)3)40-32-38(33-40)18-21-45-57-42-20-19-39(52(4,5)6)34-43(42)58-45/h19-20,22,27,34,36-38,40,44,47-48,51,64-65H,7-18,21,23-26,28-33,35H2,1-6H3,(H,53,63)(H,57,58)(H,54,55,56)/t38?,40?,44-,47?,48+,51-/m1/s1. The predicted molar refractivity (Wildman–Crippen MR) is 266 cm³/mol. The molecule has 1 unspecified atom stereocenters. The van der Waals surface area contributed by atoms with Crippen LogP contribution in [0.2, 0.25) is 0 Å². The smallest absolute Gasteiger partial charge is 0.220 e. The summed E-state index contributed by atoms with van der Waals surface area (Å²) in [6.45, 7) is 22.0. The Bertz CT molecular complexity index is 2080. The highest BCUT2D eigenvalue weighted by Crippen LogP contribution is 2.39. The molecule has 3 aromatic heterocycles. The second-order valence-corrected chi connectivity index (χ2v) is 21.1. The SMILES string of the molecule is CCCCCCCCCN1CCN(CCCC(=O)NCCCCNc2ncnc3c2ccn3[C@@H]2O[C@H](CN(C(C)C)C3CC(CCc4nc5ccc(C(C)(C)C)cc5[nH]4)C3)C(O)[C@@H]2O)CC1. The second kappa shape index (κ2) is 24.1. The topological polar surface area (TPSA) is 160 Å². The van der Waals surface area contributed by atoms with Crippen molar-refractivity contribution in [3.63, 3.8) is 0 Å². The molecule has 1 aromatic carbocycles. The number of anilines is 1. The Balaban J connectivity index is 0.781. The number of nitrogens with one attached hydrogen (secondary N) is 3. The summed E-state index contributed by atoms with van der Waals surface area (Å²) in [4.78, 5) is 37.7. The van der Waals surface area contributed by atoms with Gasteiger partial charge in [-0.1, -0.05) is 72.3 Å².